The number of nitrogens with zero attached hydrogens (tertiary/aromatic N) is 1. The van der Waals surface area contributed by atoms with Gasteiger partial charge >= 0.3 is 0 Å². The van der Waals surface area contributed by atoms with Crippen molar-refractivity contribution >= 4 is 0 Å². The molecule has 1 aromatic heterocycles. The number of H-pyrrole nitrogens is 1. The molecule has 0 saturated carbocycles. The third kappa shape index (κ3) is 1.93. The lowest BCUT2D eigenvalue weighted by molar-refractivity contribution is 1.31. The largest absolute Gasteiger partial charge is 0.345 e. The lowest BCUT2D eigenvalue weighted by Crippen LogP contribution is -1.84. The molecule has 0 aliphatic carbocycles. The van der Waals surface area contributed by atoms with E-state index in [2.05, 4.69) is 65.4 Å². The number of aromatic nitrogens is 2. The Bertz CT molecular complexity index is 654. The van der Waals surface area contributed by atoms with Gasteiger partial charge in [-0.25, -0.2) is 4.98 Å². The van der Waals surface area contributed by atoms with Crippen molar-refractivity contribution in [1.29, 1.82) is 0 Å². The monoisotopic (exact) mass is 234 g/mol. The highest BCUT2D eigenvalue weighted by molar-refractivity contribution is 5.73. The van der Waals surface area contributed by atoms with E-state index in [1.165, 1.54) is 16.7 Å². The average molecular weight is 234 g/mol. The first-order chi connectivity index (χ1) is 8.84. The zero-order valence-corrected chi connectivity index (χ0v) is 10.2. The van der Waals surface area contributed by atoms with Gasteiger partial charge in [0.1, 0.15) is 0 Å². The van der Waals surface area contributed by atoms with Crippen molar-refractivity contribution in [2.75, 3.05) is 0 Å². The van der Waals surface area contributed by atoms with Crippen LogP contribution in [0.1, 0.15) is 5.56 Å². The van der Waals surface area contributed by atoms with Gasteiger partial charge in [0, 0.05) is 5.56 Å². The van der Waals surface area contributed by atoms with Crippen molar-refractivity contribution in [3.05, 3.63) is 66.6 Å². The van der Waals surface area contributed by atoms with E-state index in [1.54, 1.807) is 6.33 Å². The zero-order chi connectivity index (χ0) is 12.4. The summed E-state index contributed by atoms with van der Waals surface area (Å²) in [6.07, 6.45) is 3.55. The summed E-state index contributed by atoms with van der Waals surface area (Å²) < 4.78 is 0. The van der Waals surface area contributed by atoms with E-state index >= 15 is 0 Å². The highest BCUT2D eigenvalue weighted by atomic mass is 14.9. The molecule has 3 aromatic rings. The first kappa shape index (κ1) is 10.8. The molecule has 0 fully saturated rings. The standard InChI is InChI=1S/C16H14N2/c1-12-5-2-3-8-15(12)13-6-4-7-14(9-13)16-10-17-11-18-16/h2-11H,1H3,(H,17,18). The average Bonchev–Trinajstić information content (AvgIpc) is 2.93. The zero-order valence-electron chi connectivity index (χ0n) is 10.2. The van der Waals surface area contributed by atoms with Gasteiger partial charge in [-0.05, 0) is 29.7 Å². The van der Waals surface area contributed by atoms with Crippen LogP contribution >= 0.6 is 0 Å². The van der Waals surface area contributed by atoms with Gasteiger partial charge in [-0.1, -0.05) is 42.5 Å². The van der Waals surface area contributed by atoms with Gasteiger partial charge in [0.05, 0.1) is 18.2 Å². The van der Waals surface area contributed by atoms with Gasteiger partial charge in [-0.3, -0.25) is 0 Å². The number of hydrogen-bond donors (Lipinski definition) is 1. The molecule has 2 aromatic carbocycles. The third-order valence-corrected chi connectivity index (χ3v) is 3.13. The van der Waals surface area contributed by atoms with E-state index < -0.39 is 0 Å². The second kappa shape index (κ2) is 4.49. The fraction of sp³-hybridized carbons (Fsp3) is 0.0625. The van der Waals surface area contributed by atoms with E-state index in [0.29, 0.717) is 0 Å². The Kier molecular flexibility index (Phi) is 2.69. The highest BCUT2D eigenvalue weighted by Gasteiger charge is 2.03. The van der Waals surface area contributed by atoms with Crippen molar-refractivity contribution < 1.29 is 0 Å². The molecular formula is C16H14N2. The number of hydrogen-bond acceptors (Lipinski definition) is 1. The minimum absolute atomic E-state index is 1.05. The first-order valence-corrected chi connectivity index (χ1v) is 5.99. The Hall–Kier alpha value is -2.35. The van der Waals surface area contributed by atoms with Gasteiger partial charge < -0.3 is 4.98 Å². The minimum atomic E-state index is 1.05. The number of nitrogens with one attached hydrogen (secondary N) is 1. The molecule has 88 valence electrons. The van der Waals surface area contributed by atoms with Crippen LogP contribution in [0.3, 0.4) is 0 Å². The van der Waals surface area contributed by atoms with Crippen LogP contribution in [0.4, 0.5) is 0 Å². The molecule has 2 heteroatoms. The van der Waals surface area contributed by atoms with E-state index in [0.717, 1.165) is 11.3 Å². The molecule has 0 bridgehead atoms. The molecule has 1 N–H and O–H groups in total. The lowest BCUT2D eigenvalue weighted by Gasteiger charge is -2.07. The van der Waals surface area contributed by atoms with Crippen molar-refractivity contribution in [1.82, 2.24) is 9.97 Å². The maximum Gasteiger partial charge on any atom is 0.0924 e. The Morgan fingerprint density at radius 1 is 0.944 bits per heavy atom. The summed E-state index contributed by atoms with van der Waals surface area (Å²) in [5.41, 5.74) is 6.01. The smallest absolute Gasteiger partial charge is 0.0924 e. The topological polar surface area (TPSA) is 28.7 Å². The summed E-state index contributed by atoms with van der Waals surface area (Å²) in [4.78, 5) is 7.20. The maximum atomic E-state index is 4.06. The molecule has 0 amide bonds. The van der Waals surface area contributed by atoms with Crippen LogP contribution in [0.2, 0.25) is 0 Å². The van der Waals surface area contributed by atoms with E-state index in [4.69, 9.17) is 0 Å². The van der Waals surface area contributed by atoms with Crippen LogP contribution in [-0.4, -0.2) is 9.97 Å². The Morgan fingerprint density at radius 3 is 2.56 bits per heavy atom. The molecule has 0 aliphatic rings. The molecule has 3 rings (SSSR count). The van der Waals surface area contributed by atoms with E-state index in [-0.39, 0.29) is 0 Å². The van der Waals surface area contributed by atoms with Gasteiger partial charge in [0.25, 0.3) is 0 Å². The number of rotatable bonds is 2. The van der Waals surface area contributed by atoms with Crippen LogP contribution < -0.4 is 0 Å². The second-order valence-corrected chi connectivity index (χ2v) is 4.36. The summed E-state index contributed by atoms with van der Waals surface area (Å²) in [7, 11) is 0. The molecule has 0 spiro atoms. The number of imidazole rings is 1. The molecule has 0 aliphatic heterocycles. The second-order valence-electron chi connectivity index (χ2n) is 4.36. The number of benzene rings is 2. The van der Waals surface area contributed by atoms with Crippen LogP contribution in [0.15, 0.2) is 61.1 Å². The molecule has 0 saturated heterocycles. The first-order valence-electron chi connectivity index (χ1n) is 5.99. The number of aryl methyl sites for hydroxylation is 1. The van der Waals surface area contributed by atoms with Gasteiger partial charge in [0.2, 0.25) is 0 Å². The molecule has 0 unspecified atom stereocenters. The fourth-order valence-corrected chi connectivity index (χ4v) is 2.16. The summed E-state index contributed by atoms with van der Waals surface area (Å²) in [6.45, 7) is 2.14. The Morgan fingerprint density at radius 2 is 1.78 bits per heavy atom. The van der Waals surface area contributed by atoms with Crippen molar-refractivity contribution in [2.24, 2.45) is 0 Å². The van der Waals surface area contributed by atoms with Crippen molar-refractivity contribution in [3.63, 3.8) is 0 Å². The van der Waals surface area contributed by atoms with Crippen LogP contribution in [0.25, 0.3) is 22.4 Å². The van der Waals surface area contributed by atoms with Crippen LogP contribution in [-0.2, 0) is 0 Å². The lowest BCUT2D eigenvalue weighted by atomic mass is 9.98. The van der Waals surface area contributed by atoms with Gasteiger partial charge in [-0.2, -0.15) is 0 Å². The Balaban J connectivity index is 2.10. The molecular weight excluding hydrogens is 220 g/mol. The third-order valence-electron chi connectivity index (χ3n) is 3.13. The number of aromatic amines is 1. The van der Waals surface area contributed by atoms with Crippen molar-refractivity contribution in [3.8, 4) is 22.4 Å². The van der Waals surface area contributed by atoms with Crippen molar-refractivity contribution in [2.45, 2.75) is 6.92 Å². The van der Waals surface area contributed by atoms with E-state index in [1.807, 2.05) is 6.20 Å². The Labute approximate surface area is 106 Å². The SMILES string of the molecule is Cc1ccccc1-c1cccc(-c2cnc[nH]2)c1. The molecule has 1 heterocycles. The predicted molar refractivity (Wildman–Crippen MR) is 74.2 cm³/mol. The van der Waals surface area contributed by atoms with E-state index in [9.17, 15) is 0 Å². The van der Waals surface area contributed by atoms with Crippen LogP contribution in [0.5, 0.6) is 0 Å². The maximum absolute atomic E-state index is 4.06. The summed E-state index contributed by atoms with van der Waals surface area (Å²) >= 11 is 0. The summed E-state index contributed by atoms with van der Waals surface area (Å²) in [5.74, 6) is 0. The molecule has 0 atom stereocenters. The fourth-order valence-electron chi connectivity index (χ4n) is 2.16. The highest BCUT2D eigenvalue weighted by Crippen LogP contribution is 2.27. The quantitative estimate of drug-likeness (QED) is 0.712. The minimum Gasteiger partial charge on any atom is -0.345 e. The van der Waals surface area contributed by atoms with Crippen LogP contribution in [0, 0.1) is 6.92 Å². The summed E-state index contributed by atoms with van der Waals surface area (Å²) in [5, 5.41) is 0. The van der Waals surface area contributed by atoms with Gasteiger partial charge in [0.15, 0.2) is 0 Å². The van der Waals surface area contributed by atoms with Gasteiger partial charge in [-0.15, -0.1) is 0 Å². The predicted octanol–water partition coefficient (Wildman–Crippen LogP) is 4.05. The molecule has 0 radical (unpaired) electrons. The molecule has 2 nitrogen and oxygen atoms in total. The molecule has 18 heavy (non-hydrogen) atoms. The normalized spacial score (nSPS) is 10.5. The summed E-state index contributed by atoms with van der Waals surface area (Å²) in [6, 6.07) is 16.9.